The van der Waals surface area contributed by atoms with Crippen molar-refractivity contribution in [1.82, 2.24) is 4.57 Å². The van der Waals surface area contributed by atoms with Gasteiger partial charge in [0.15, 0.2) is 0 Å². The van der Waals surface area contributed by atoms with Crippen LogP contribution in [0.4, 0.5) is 0 Å². The lowest BCUT2D eigenvalue weighted by molar-refractivity contribution is 0.669. The van der Waals surface area contributed by atoms with Gasteiger partial charge in [-0.05, 0) is 64.7 Å². The van der Waals surface area contributed by atoms with Crippen LogP contribution in [0.15, 0.2) is 156 Å². The van der Waals surface area contributed by atoms with Gasteiger partial charge >= 0.3 is 0 Å². The number of aromatic nitrogens is 1. The van der Waals surface area contributed by atoms with E-state index in [0.29, 0.717) is 0 Å². The molecule has 0 aliphatic carbocycles. The van der Waals surface area contributed by atoms with E-state index in [4.69, 9.17) is 4.42 Å². The summed E-state index contributed by atoms with van der Waals surface area (Å²) in [6.07, 6.45) is 0. The number of hydrogen-bond acceptors (Lipinski definition) is 2. The molecule has 0 aliphatic heterocycles. The first-order valence-corrected chi connectivity index (χ1v) is 16.1. The molecule has 10 aromatic rings. The summed E-state index contributed by atoms with van der Waals surface area (Å²) < 4.78 is 11.3. The van der Waals surface area contributed by atoms with Crippen molar-refractivity contribution in [1.29, 1.82) is 0 Å². The lowest BCUT2D eigenvalue weighted by Gasteiger charge is -2.10. The standard InChI is InChI=1S/C42H25NOS/c1-2-11-26(12-3-1)27-23-24-35-33(25-27)28-13-4-6-18-34(28)43(35)36-19-8-17-32-41-30(16-10-22-39(41)45-42(32)36)29-15-9-21-38-40(29)31-14-5-7-20-37(31)44-38/h1-25H. The van der Waals surface area contributed by atoms with Gasteiger partial charge in [0.2, 0.25) is 0 Å². The molecule has 10 rings (SSSR count). The molecule has 7 aromatic carbocycles. The maximum atomic E-state index is 6.28. The molecule has 0 N–H and O–H groups in total. The van der Waals surface area contributed by atoms with Crippen molar-refractivity contribution in [2.75, 3.05) is 0 Å². The van der Waals surface area contributed by atoms with Crippen molar-refractivity contribution in [3.63, 3.8) is 0 Å². The van der Waals surface area contributed by atoms with Crippen molar-refractivity contribution < 1.29 is 4.42 Å². The molecule has 0 saturated carbocycles. The van der Waals surface area contributed by atoms with E-state index in [9.17, 15) is 0 Å². The van der Waals surface area contributed by atoms with E-state index in [1.807, 2.05) is 17.4 Å². The molecule has 0 saturated heterocycles. The van der Waals surface area contributed by atoms with E-state index in [1.54, 1.807) is 0 Å². The zero-order chi connectivity index (χ0) is 29.5. The highest BCUT2D eigenvalue weighted by atomic mass is 32.1. The fourth-order valence-corrected chi connectivity index (χ4v) is 8.51. The molecule has 0 fully saturated rings. The Kier molecular flexibility index (Phi) is 5.19. The minimum atomic E-state index is 0.922. The Bertz CT molecular complexity index is 2760. The van der Waals surface area contributed by atoms with E-state index >= 15 is 0 Å². The number of nitrogens with zero attached hydrogens (tertiary/aromatic N) is 1. The minimum Gasteiger partial charge on any atom is -0.456 e. The zero-order valence-corrected chi connectivity index (χ0v) is 25.0. The highest BCUT2D eigenvalue weighted by Crippen LogP contribution is 2.46. The number of rotatable bonds is 3. The van der Waals surface area contributed by atoms with Gasteiger partial charge < -0.3 is 8.98 Å². The average molecular weight is 592 g/mol. The molecular formula is C42H25NOS. The van der Waals surface area contributed by atoms with E-state index < -0.39 is 0 Å². The first-order valence-electron chi connectivity index (χ1n) is 15.3. The topological polar surface area (TPSA) is 18.1 Å². The maximum Gasteiger partial charge on any atom is 0.136 e. The quantitative estimate of drug-likeness (QED) is 0.200. The van der Waals surface area contributed by atoms with Crippen LogP contribution < -0.4 is 0 Å². The highest BCUT2D eigenvalue weighted by molar-refractivity contribution is 7.26. The molecule has 3 aromatic heterocycles. The second kappa shape index (κ2) is 9.43. The smallest absolute Gasteiger partial charge is 0.136 e. The van der Waals surface area contributed by atoms with Crippen LogP contribution in [0.5, 0.6) is 0 Å². The van der Waals surface area contributed by atoms with Crippen LogP contribution in [0.1, 0.15) is 0 Å². The summed E-state index contributed by atoms with van der Waals surface area (Å²) in [4.78, 5) is 0. The van der Waals surface area contributed by atoms with Crippen LogP contribution in [0, 0.1) is 0 Å². The molecule has 0 aliphatic rings. The predicted octanol–water partition coefficient (Wildman–Crippen LogP) is 12.4. The average Bonchev–Trinajstić information content (AvgIpc) is 3.78. The molecule has 45 heavy (non-hydrogen) atoms. The monoisotopic (exact) mass is 591 g/mol. The largest absolute Gasteiger partial charge is 0.456 e. The normalized spacial score (nSPS) is 12.0. The zero-order valence-electron chi connectivity index (χ0n) is 24.2. The molecule has 210 valence electrons. The number of benzene rings is 7. The van der Waals surface area contributed by atoms with Gasteiger partial charge in [-0.15, -0.1) is 11.3 Å². The van der Waals surface area contributed by atoms with Crippen molar-refractivity contribution in [3.8, 4) is 27.9 Å². The number of furan rings is 1. The molecule has 0 amide bonds. The molecule has 0 bridgehead atoms. The molecule has 0 unspecified atom stereocenters. The van der Waals surface area contributed by atoms with E-state index in [-0.39, 0.29) is 0 Å². The lowest BCUT2D eigenvalue weighted by Crippen LogP contribution is -1.93. The summed E-state index contributed by atoms with van der Waals surface area (Å²) in [6, 6.07) is 54.6. The highest BCUT2D eigenvalue weighted by Gasteiger charge is 2.20. The Morgan fingerprint density at radius 1 is 0.444 bits per heavy atom. The van der Waals surface area contributed by atoms with Crippen molar-refractivity contribution >= 4 is 75.3 Å². The fourth-order valence-electron chi connectivity index (χ4n) is 7.28. The third kappa shape index (κ3) is 3.56. The predicted molar refractivity (Wildman–Crippen MR) is 192 cm³/mol. The summed E-state index contributed by atoms with van der Waals surface area (Å²) in [5, 5.41) is 7.43. The lowest BCUT2D eigenvalue weighted by atomic mass is 9.95. The van der Waals surface area contributed by atoms with Crippen molar-refractivity contribution in [2.24, 2.45) is 0 Å². The van der Waals surface area contributed by atoms with Gasteiger partial charge in [-0.3, -0.25) is 0 Å². The number of hydrogen-bond donors (Lipinski definition) is 0. The van der Waals surface area contributed by atoms with Gasteiger partial charge in [0.1, 0.15) is 11.2 Å². The second-order valence-corrected chi connectivity index (χ2v) is 12.7. The number of thiophene rings is 1. The van der Waals surface area contributed by atoms with Gasteiger partial charge in [0, 0.05) is 37.0 Å². The summed E-state index contributed by atoms with van der Waals surface area (Å²) in [6.45, 7) is 0. The van der Waals surface area contributed by atoms with Gasteiger partial charge in [-0.2, -0.15) is 0 Å². The first-order chi connectivity index (χ1) is 22.3. The molecule has 0 atom stereocenters. The van der Waals surface area contributed by atoms with E-state index in [2.05, 4.69) is 150 Å². The molecule has 0 radical (unpaired) electrons. The Morgan fingerprint density at radius 2 is 1.13 bits per heavy atom. The van der Waals surface area contributed by atoms with Crippen LogP contribution in [-0.4, -0.2) is 4.57 Å². The van der Waals surface area contributed by atoms with Gasteiger partial charge in [0.05, 0.1) is 21.4 Å². The summed E-state index contributed by atoms with van der Waals surface area (Å²) in [5.41, 5.74) is 10.4. The van der Waals surface area contributed by atoms with Gasteiger partial charge in [-0.1, -0.05) is 109 Å². The Hall–Kier alpha value is -5.64. The summed E-state index contributed by atoms with van der Waals surface area (Å²) >= 11 is 1.88. The SMILES string of the molecule is c1ccc(-c2ccc3c(c2)c2ccccc2n3-c2cccc3c2sc2cccc(-c4cccc5oc6ccccc6c45)c23)cc1. The Labute approximate surface area is 263 Å². The van der Waals surface area contributed by atoms with Crippen LogP contribution in [0.3, 0.4) is 0 Å². The molecule has 3 heterocycles. The third-order valence-electron chi connectivity index (χ3n) is 9.22. The third-order valence-corrected chi connectivity index (χ3v) is 10.4. The van der Waals surface area contributed by atoms with Gasteiger partial charge in [0.25, 0.3) is 0 Å². The van der Waals surface area contributed by atoms with Crippen LogP contribution in [0.25, 0.3) is 91.9 Å². The van der Waals surface area contributed by atoms with Crippen LogP contribution >= 0.6 is 11.3 Å². The minimum absolute atomic E-state index is 0.922. The van der Waals surface area contributed by atoms with E-state index in [0.717, 1.165) is 16.6 Å². The molecule has 0 spiro atoms. The molecule has 3 heteroatoms. The fraction of sp³-hybridized carbons (Fsp3) is 0. The number of para-hydroxylation sites is 2. The Morgan fingerprint density at radius 3 is 2.04 bits per heavy atom. The second-order valence-electron chi connectivity index (χ2n) is 11.7. The van der Waals surface area contributed by atoms with Crippen molar-refractivity contribution in [3.05, 3.63) is 152 Å². The van der Waals surface area contributed by atoms with E-state index in [1.165, 1.54) is 75.3 Å². The molecule has 2 nitrogen and oxygen atoms in total. The molecular weight excluding hydrogens is 567 g/mol. The van der Waals surface area contributed by atoms with Gasteiger partial charge in [-0.25, -0.2) is 0 Å². The van der Waals surface area contributed by atoms with Crippen LogP contribution in [0.2, 0.25) is 0 Å². The first kappa shape index (κ1) is 24.8. The summed E-state index contributed by atoms with van der Waals surface area (Å²) in [7, 11) is 0. The Balaban J connectivity index is 1.26. The maximum absolute atomic E-state index is 6.28. The summed E-state index contributed by atoms with van der Waals surface area (Å²) in [5.74, 6) is 0. The number of fused-ring (bicyclic) bond motifs is 9. The van der Waals surface area contributed by atoms with Crippen molar-refractivity contribution in [2.45, 2.75) is 0 Å². The van der Waals surface area contributed by atoms with Crippen LogP contribution in [-0.2, 0) is 0 Å².